The molecule has 1 aromatic carbocycles. The molecular weight excluding hydrogens is 416 g/mol. The number of hydrogen-bond acceptors (Lipinski definition) is 4. The average molecular weight is 447 g/mol. The van der Waals surface area contributed by atoms with E-state index in [1.54, 1.807) is 22.8 Å². The lowest BCUT2D eigenvalue weighted by molar-refractivity contribution is -0.136. The molecule has 1 saturated carbocycles. The fraction of sp³-hybridized carbons (Fsp3) is 0.522. The van der Waals surface area contributed by atoms with Crippen molar-refractivity contribution in [3.63, 3.8) is 0 Å². The number of rotatable bonds is 9. The van der Waals surface area contributed by atoms with E-state index in [-0.39, 0.29) is 29.7 Å². The maximum atomic E-state index is 12.9. The van der Waals surface area contributed by atoms with Gasteiger partial charge >= 0.3 is 0 Å². The van der Waals surface area contributed by atoms with E-state index in [4.69, 9.17) is 21.4 Å². The van der Waals surface area contributed by atoms with Crippen molar-refractivity contribution in [3.8, 4) is 5.69 Å². The Morgan fingerprint density at radius 1 is 1.29 bits per heavy atom. The van der Waals surface area contributed by atoms with E-state index in [2.05, 4.69) is 26.1 Å². The Balaban J connectivity index is 1.81. The van der Waals surface area contributed by atoms with E-state index in [9.17, 15) is 9.59 Å². The van der Waals surface area contributed by atoms with Gasteiger partial charge in [-0.25, -0.2) is 4.68 Å². The van der Waals surface area contributed by atoms with Crippen LogP contribution >= 0.6 is 11.6 Å². The molecule has 1 aliphatic rings. The summed E-state index contributed by atoms with van der Waals surface area (Å²) in [5, 5.41) is 8.17. The van der Waals surface area contributed by atoms with Gasteiger partial charge in [-0.15, -0.1) is 0 Å². The van der Waals surface area contributed by atoms with Gasteiger partial charge in [0.15, 0.2) is 0 Å². The lowest BCUT2D eigenvalue weighted by Crippen LogP contribution is -2.40. The van der Waals surface area contributed by atoms with Crippen LogP contribution in [0, 0.1) is 5.92 Å². The van der Waals surface area contributed by atoms with Crippen LogP contribution in [0.1, 0.15) is 45.7 Å². The van der Waals surface area contributed by atoms with Crippen molar-refractivity contribution in [2.24, 2.45) is 5.92 Å². The highest BCUT2D eigenvalue weighted by molar-refractivity contribution is 6.32. The smallest absolute Gasteiger partial charge is 0.245 e. The van der Waals surface area contributed by atoms with Gasteiger partial charge in [-0.1, -0.05) is 44.5 Å². The van der Waals surface area contributed by atoms with Crippen LogP contribution in [0.5, 0.6) is 0 Å². The predicted molar refractivity (Wildman–Crippen MR) is 122 cm³/mol. The van der Waals surface area contributed by atoms with Crippen molar-refractivity contribution in [1.29, 1.82) is 0 Å². The number of hydrogen-bond donors (Lipinski definition) is 1. The second kappa shape index (κ2) is 9.83. The van der Waals surface area contributed by atoms with Crippen LogP contribution in [0.15, 0.2) is 30.3 Å². The normalized spacial score (nSPS) is 13.8. The number of aromatic nitrogens is 2. The summed E-state index contributed by atoms with van der Waals surface area (Å²) >= 11 is 6.39. The van der Waals surface area contributed by atoms with E-state index in [1.807, 2.05) is 24.3 Å². The van der Waals surface area contributed by atoms with Gasteiger partial charge in [0.05, 0.1) is 22.9 Å². The molecule has 0 atom stereocenters. The van der Waals surface area contributed by atoms with Crippen LogP contribution < -0.4 is 5.32 Å². The quantitative estimate of drug-likeness (QED) is 0.590. The number of ether oxygens (including phenoxy) is 1. The number of methoxy groups -OCH3 is 1. The molecule has 2 amide bonds. The summed E-state index contributed by atoms with van der Waals surface area (Å²) in [6.45, 7) is 7.21. The van der Waals surface area contributed by atoms with Crippen LogP contribution in [0.2, 0.25) is 5.02 Å². The molecule has 0 unspecified atom stereocenters. The number of nitrogens with zero attached hydrogens (tertiary/aromatic N) is 3. The van der Waals surface area contributed by atoms with Crippen LogP contribution in [0.4, 0.5) is 5.82 Å². The molecule has 2 aromatic rings. The molecule has 0 spiro atoms. The van der Waals surface area contributed by atoms with E-state index in [0.29, 0.717) is 36.1 Å². The Bertz CT molecular complexity index is 931. The van der Waals surface area contributed by atoms with Crippen molar-refractivity contribution in [2.45, 2.75) is 45.4 Å². The second-order valence-electron chi connectivity index (χ2n) is 8.96. The highest BCUT2D eigenvalue weighted by Gasteiger charge is 2.34. The highest BCUT2D eigenvalue weighted by Crippen LogP contribution is 2.31. The van der Waals surface area contributed by atoms with Gasteiger partial charge < -0.3 is 15.0 Å². The highest BCUT2D eigenvalue weighted by atomic mass is 35.5. The van der Waals surface area contributed by atoms with Crippen molar-refractivity contribution in [2.75, 3.05) is 32.1 Å². The van der Waals surface area contributed by atoms with Crippen LogP contribution in [-0.2, 0) is 19.7 Å². The third-order valence-electron chi connectivity index (χ3n) is 5.18. The fourth-order valence-electron chi connectivity index (χ4n) is 3.25. The zero-order chi connectivity index (χ0) is 22.6. The molecular formula is C23H31ClN4O3. The molecule has 0 radical (unpaired) electrons. The summed E-state index contributed by atoms with van der Waals surface area (Å²) in [4.78, 5) is 27.2. The van der Waals surface area contributed by atoms with Crippen LogP contribution in [-0.4, -0.2) is 53.3 Å². The number of para-hydroxylation sites is 1. The summed E-state index contributed by atoms with van der Waals surface area (Å²) in [7, 11) is 1.63. The Hall–Kier alpha value is -2.38. The van der Waals surface area contributed by atoms with Crippen molar-refractivity contribution >= 4 is 29.2 Å². The third kappa shape index (κ3) is 6.08. The van der Waals surface area contributed by atoms with Gasteiger partial charge in [0, 0.05) is 37.7 Å². The van der Waals surface area contributed by atoms with Crippen molar-refractivity contribution in [1.82, 2.24) is 14.7 Å². The zero-order valence-electron chi connectivity index (χ0n) is 18.7. The first-order valence-electron chi connectivity index (χ1n) is 10.6. The standard InChI is InChI=1S/C23H31ClN4O3/c1-23(2,3)19-14-20(28(26-19)18-9-6-5-8-17(18)24)25-21(29)15-27(12-7-13-31-4)22(30)16-10-11-16/h5-6,8-9,14,16H,7,10-13,15H2,1-4H3,(H,25,29). The minimum absolute atomic E-state index is 0.00238. The molecule has 1 fully saturated rings. The van der Waals surface area contributed by atoms with Crippen LogP contribution in [0.3, 0.4) is 0 Å². The van der Waals surface area contributed by atoms with E-state index in [0.717, 1.165) is 18.5 Å². The Morgan fingerprint density at radius 3 is 2.61 bits per heavy atom. The molecule has 3 rings (SSSR count). The van der Waals surface area contributed by atoms with Gasteiger partial charge in [0.25, 0.3) is 0 Å². The molecule has 1 aromatic heterocycles. The molecule has 1 aliphatic carbocycles. The summed E-state index contributed by atoms with van der Waals surface area (Å²) in [6, 6.07) is 9.22. The van der Waals surface area contributed by atoms with E-state index >= 15 is 0 Å². The maximum absolute atomic E-state index is 12.9. The Labute approximate surface area is 188 Å². The Kier molecular flexibility index (Phi) is 7.38. The van der Waals surface area contributed by atoms with Gasteiger partial charge in [0.2, 0.25) is 11.8 Å². The lowest BCUT2D eigenvalue weighted by atomic mass is 9.92. The molecule has 8 heteroatoms. The van der Waals surface area contributed by atoms with Crippen molar-refractivity contribution in [3.05, 3.63) is 41.0 Å². The number of carbonyl (C=O) groups is 2. The summed E-state index contributed by atoms with van der Waals surface area (Å²) in [6.07, 6.45) is 2.48. The molecule has 7 nitrogen and oxygen atoms in total. The predicted octanol–water partition coefficient (Wildman–Crippen LogP) is 4.04. The SMILES string of the molecule is COCCCN(CC(=O)Nc1cc(C(C)(C)C)nn1-c1ccccc1Cl)C(=O)C1CC1. The fourth-order valence-corrected chi connectivity index (χ4v) is 3.47. The monoisotopic (exact) mass is 446 g/mol. The largest absolute Gasteiger partial charge is 0.385 e. The van der Waals surface area contributed by atoms with Crippen LogP contribution in [0.25, 0.3) is 5.69 Å². The third-order valence-corrected chi connectivity index (χ3v) is 5.49. The number of nitrogens with one attached hydrogen (secondary N) is 1. The number of amides is 2. The topological polar surface area (TPSA) is 76.5 Å². The maximum Gasteiger partial charge on any atom is 0.245 e. The lowest BCUT2D eigenvalue weighted by Gasteiger charge is -2.22. The van der Waals surface area contributed by atoms with Crippen molar-refractivity contribution < 1.29 is 14.3 Å². The molecule has 31 heavy (non-hydrogen) atoms. The summed E-state index contributed by atoms with van der Waals surface area (Å²) in [5.74, 6) is 0.358. The molecule has 0 saturated heterocycles. The average Bonchev–Trinajstić information content (AvgIpc) is 3.47. The number of halogens is 1. The molecule has 168 valence electrons. The zero-order valence-corrected chi connectivity index (χ0v) is 19.4. The van der Waals surface area contributed by atoms with Gasteiger partial charge in [0.1, 0.15) is 5.82 Å². The number of benzene rings is 1. The second-order valence-corrected chi connectivity index (χ2v) is 9.36. The number of anilines is 1. The van der Waals surface area contributed by atoms with Gasteiger partial charge in [-0.05, 0) is 31.4 Å². The summed E-state index contributed by atoms with van der Waals surface area (Å²) < 4.78 is 6.75. The first-order valence-corrected chi connectivity index (χ1v) is 11.0. The molecule has 0 aliphatic heterocycles. The molecule has 1 heterocycles. The first kappa shape index (κ1) is 23.3. The summed E-state index contributed by atoms with van der Waals surface area (Å²) in [5.41, 5.74) is 1.30. The first-order chi connectivity index (χ1) is 14.7. The van der Waals surface area contributed by atoms with E-state index < -0.39 is 0 Å². The van der Waals surface area contributed by atoms with E-state index in [1.165, 1.54) is 0 Å². The minimum atomic E-state index is -0.264. The number of carbonyl (C=O) groups excluding carboxylic acids is 2. The molecule has 1 N–H and O–H groups in total. The molecule has 0 bridgehead atoms. The van der Waals surface area contributed by atoms with Gasteiger partial charge in [-0.2, -0.15) is 5.10 Å². The minimum Gasteiger partial charge on any atom is -0.385 e. The van der Waals surface area contributed by atoms with Gasteiger partial charge in [-0.3, -0.25) is 9.59 Å². The Morgan fingerprint density at radius 2 is 2.00 bits per heavy atom.